The maximum absolute atomic E-state index is 11.4. The predicted molar refractivity (Wildman–Crippen MR) is 73.2 cm³/mol. The lowest BCUT2D eigenvalue weighted by atomic mass is 9.88. The van der Waals surface area contributed by atoms with E-state index in [0.29, 0.717) is 5.92 Å². The SMILES string of the molecule is CCC1CCN(CC2CN(C)CCO2)C(C(=O)O)C1. The molecule has 5 nitrogen and oxygen atoms in total. The van der Waals surface area contributed by atoms with Gasteiger partial charge in [-0.2, -0.15) is 0 Å². The maximum Gasteiger partial charge on any atom is 0.320 e. The van der Waals surface area contributed by atoms with Crippen LogP contribution in [0.5, 0.6) is 0 Å². The molecule has 2 saturated heterocycles. The average molecular weight is 270 g/mol. The highest BCUT2D eigenvalue weighted by molar-refractivity contribution is 5.73. The van der Waals surface area contributed by atoms with E-state index in [-0.39, 0.29) is 12.1 Å². The molecule has 110 valence electrons. The van der Waals surface area contributed by atoms with Crippen LogP contribution in [0.4, 0.5) is 0 Å². The third-order valence-electron chi connectivity index (χ3n) is 4.46. The van der Waals surface area contributed by atoms with E-state index >= 15 is 0 Å². The van der Waals surface area contributed by atoms with Gasteiger partial charge in [0.15, 0.2) is 0 Å². The fourth-order valence-corrected chi connectivity index (χ4v) is 3.17. The molecule has 0 aliphatic carbocycles. The zero-order valence-corrected chi connectivity index (χ0v) is 12.0. The van der Waals surface area contributed by atoms with E-state index in [0.717, 1.165) is 52.0 Å². The van der Waals surface area contributed by atoms with Crippen LogP contribution in [0.25, 0.3) is 0 Å². The van der Waals surface area contributed by atoms with Gasteiger partial charge in [0.05, 0.1) is 12.7 Å². The first-order valence-corrected chi connectivity index (χ1v) is 7.37. The summed E-state index contributed by atoms with van der Waals surface area (Å²) in [4.78, 5) is 15.8. The molecule has 0 aromatic carbocycles. The lowest BCUT2D eigenvalue weighted by Crippen LogP contribution is -2.53. The molecule has 19 heavy (non-hydrogen) atoms. The number of carbonyl (C=O) groups is 1. The van der Waals surface area contributed by atoms with Crippen molar-refractivity contribution >= 4 is 5.97 Å². The number of hydrogen-bond acceptors (Lipinski definition) is 4. The molecule has 0 saturated carbocycles. The molecule has 2 fully saturated rings. The number of morpholine rings is 1. The molecular formula is C14H26N2O3. The minimum absolute atomic E-state index is 0.152. The number of hydrogen-bond donors (Lipinski definition) is 1. The van der Waals surface area contributed by atoms with Crippen molar-refractivity contribution in [3.63, 3.8) is 0 Å². The van der Waals surface area contributed by atoms with Crippen LogP contribution in [0.2, 0.25) is 0 Å². The van der Waals surface area contributed by atoms with E-state index < -0.39 is 5.97 Å². The first-order chi connectivity index (χ1) is 9.10. The molecule has 0 aromatic rings. The zero-order valence-electron chi connectivity index (χ0n) is 12.0. The molecule has 3 unspecified atom stereocenters. The maximum atomic E-state index is 11.4. The predicted octanol–water partition coefficient (Wildman–Crippen LogP) is 0.892. The summed E-state index contributed by atoms with van der Waals surface area (Å²) in [7, 11) is 2.09. The Morgan fingerprint density at radius 3 is 2.84 bits per heavy atom. The molecule has 2 heterocycles. The van der Waals surface area contributed by atoms with Crippen LogP contribution in [-0.2, 0) is 9.53 Å². The summed E-state index contributed by atoms with van der Waals surface area (Å²) in [5.74, 6) is -0.116. The number of nitrogens with zero attached hydrogens (tertiary/aromatic N) is 2. The highest BCUT2D eigenvalue weighted by Gasteiger charge is 2.34. The smallest absolute Gasteiger partial charge is 0.320 e. The minimum Gasteiger partial charge on any atom is -0.480 e. The largest absolute Gasteiger partial charge is 0.480 e. The van der Waals surface area contributed by atoms with Crippen molar-refractivity contribution in [2.75, 3.05) is 39.8 Å². The number of likely N-dealkylation sites (tertiary alicyclic amines) is 1. The highest BCUT2D eigenvalue weighted by atomic mass is 16.5. The first kappa shape index (κ1) is 14.8. The van der Waals surface area contributed by atoms with Crippen molar-refractivity contribution in [3.8, 4) is 0 Å². The van der Waals surface area contributed by atoms with Gasteiger partial charge in [0.1, 0.15) is 6.04 Å². The monoisotopic (exact) mass is 270 g/mol. The van der Waals surface area contributed by atoms with Crippen molar-refractivity contribution in [1.82, 2.24) is 9.80 Å². The van der Waals surface area contributed by atoms with Crippen molar-refractivity contribution < 1.29 is 14.6 Å². The van der Waals surface area contributed by atoms with Crippen LogP contribution in [0, 0.1) is 5.92 Å². The summed E-state index contributed by atoms with van der Waals surface area (Å²) in [6.07, 6.45) is 3.14. The van der Waals surface area contributed by atoms with Gasteiger partial charge >= 0.3 is 5.97 Å². The van der Waals surface area contributed by atoms with E-state index in [9.17, 15) is 9.90 Å². The topological polar surface area (TPSA) is 53.0 Å². The minimum atomic E-state index is -0.678. The fraction of sp³-hybridized carbons (Fsp3) is 0.929. The van der Waals surface area contributed by atoms with Crippen molar-refractivity contribution in [2.24, 2.45) is 5.92 Å². The van der Waals surface area contributed by atoms with Crippen LogP contribution in [0.1, 0.15) is 26.2 Å². The Kier molecular flexibility index (Phi) is 5.19. The van der Waals surface area contributed by atoms with E-state index in [4.69, 9.17) is 4.74 Å². The molecule has 1 N–H and O–H groups in total. The second kappa shape index (κ2) is 6.68. The molecule has 2 rings (SSSR count). The van der Waals surface area contributed by atoms with Crippen molar-refractivity contribution in [3.05, 3.63) is 0 Å². The normalized spacial score (nSPS) is 34.3. The van der Waals surface area contributed by atoms with Gasteiger partial charge in [-0.25, -0.2) is 0 Å². The summed E-state index contributed by atoms with van der Waals surface area (Å²) in [5, 5.41) is 9.41. The molecule has 0 bridgehead atoms. The summed E-state index contributed by atoms with van der Waals surface area (Å²) in [6, 6.07) is -0.325. The number of carboxylic acid groups (broad SMARTS) is 1. The third kappa shape index (κ3) is 3.91. The van der Waals surface area contributed by atoms with Gasteiger partial charge in [-0.15, -0.1) is 0 Å². The van der Waals surface area contributed by atoms with Crippen LogP contribution < -0.4 is 0 Å². The zero-order chi connectivity index (χ0) is 13.8. The Labute approximate surface area is 115 Å². The van der Waals surface area contributed by atoms with Gasteiger partial charge in [0.2, 0.25) is 0 Å². The number of likely N-dealkylation sites (N-methyl/N-ethyl adjacent to an activating group) is 1. The second-order valence-corrected chi connectivity index (χ2v) is 5.90. The van der Waals surface area contributed by atoms with Gasteiger partial charge in [0.25, 0.3) is 0 Å². The fourth-order valence-electron chi connectivity index (χ4n) is 3.17. The van der Waals surface area contributed by atoms with Gasteiger partial charge < -0.3 is 14.7 Å². The van der Waals surface area contributed by atoms with Gasteiger partial charge in [-0.3, -0.25) is 9.69 Å². The Morgan fingerprint density at radius 2 is 2.21 bits per heavy atom. The quantitative estimate of drug-likeness (QED) is 0.822. The number of aliphatic carboxylic acids is 1. The van der Waals surface area contributed by atoms with E-state index in [2.05, 4.69) is 23.8 Å². The van der Waals surface area contributed by atoms with Gasteiger partial charge in [0, 0.05) is 19.6 Å². The van der Waals surface area contributed by atoms with Crippen LogP contribution in [0.15, 0.2) is 0 Å². The molecule has 2 aliphatic heterocycles. The van der Waals surface area contributed by atoms with Crippen LogP contribution in [-0.4, -0.2) is 72.9 Å². The average Bonchev–Trinajstić information content (AvgIpc) is 2.39. The van der Waals surface area contributed by atoms with E-state index in [1.54, 1.807) is 0 Å². The Balaban J connectivity index is 1.92. The van der Waals surface area contributed by atoms with E-state index in [1.807, 2.05) is 0 Å². The Hall–Kier alpha value is -0.650. The molecule has 0 radical (unpaired) electrons. The lowest BCUT2D eigenvalue weighted by molar-refractivity contribution is -0.147. The number of rotatable bonds is 4. The summed E-state index contributed by atoms with van der Waals surface area (Å²) in [6.45, 7) is 6.41. The lowest BCUT2D eigenvalue weighted by Gasteiger charge is -2.40. The van der Waals surface area contributed by atoms with Crippen LogP contribution in [0.3, 0.4) is 0 Å². The summed E-state index contributed by atoms with van der Waals surface area (Å²) >= 11 is 0. The number of piperidine rings is 1. The first-order valence-electron chi connectivity index (χ1n) is 7.37. The Morgan fingerprint density at radius 1 is 1.42 bits per heavy atom. The molecule has 0 aromatic heterocycles. The van der Waals surface area contributed by atoms with Gasteiger partial charge in [-0.05, 0) is 32.4 Å². The van der Waals surface area contributed by atoms with Gasteiger partial charge in [-0.1, -0.05) is 13.3 Å². The molecular weight excluding hydrogens is 244 g/mol. The summed E-state index contributed by atoms with van der Waals surface area (Å²) in [5.41, 5.74) is 0. The molecule has 0 amide bonds. The van der Waals surface area contributed by atoms with E-state index in [1.165, 1.54) is 0 Å². The third-order valence-corrected chi connectivity index (χ3v) is 4.46. The van der Waals surface area contributed by atoms with Crippen molar-refractivity contribution in [1.29, 1.82) is 0 Å². The summed E-state index contributed by atoms with van der Waals surface area (Å²) < 4.78 is 5.76. The molecule has 5 heteroatoms. The number of ether oxygens (including phenoxy) is 1. The standard InChI is InChI=1S/C14H26N2O3/c1-3-11-4-5-16(13(8-11)14(17)18)10-12-9-15(2)6-7-19-12/h11-13H,3-10H2,1-2H3,(H,17,18). The van der Waals surface area contributed by atoms with Crippen LogP contribution >= 0.6 is 0 Å². The second-order valence-electron chi connectivity index (χ2n) is 5.90. The number of carboxylic acids is 1. The molecule has 0 spiro atoms. The molecule has 2 aliphatic rings. The van der Waals surface area contributed by atoms with Crippen molar-refractivity contribution in [2.45, 2.75) is 38.3 Å². The Bertz CT molecular complexity index is 311. The highest BCUT2D eigenvalue weighted by Crippen LogP contribution is 2.26. The molecule has 3 atom stereocenters.